The molecule has 0 aliphatic rings. The molecular weight excluding hydrogens is 396 g/mol. The van der Waals surface area contributed by atoms with Crippen LogP contribution in [0.2, 0.25) is 0 Å². The second-order valence-electron chi connectivity index (χ2n) is 6.17. The van der Waals surface area contributed by atoms with E-state index in [4.69, 9.17) is 16.3 Å². The van der Waals surface area contributed by atoms with Gasteiger partial charge in [0.2, 0.25) is 5.91 Å². The van der Waals surface area contributed by atoms with Crippen LogP contribution in [-0.4, -0.2) is 40.1 Å². The van der Waals surface area contributed by atoms with Gasteiger partial charge in [0.05, 0.1) is 17.0 Å². The number of terminal acetylenes is 1. The number of rotatable bonds is 13. The summed E-state index contributed by atoms with van der Waals surface area (Å²) in [7, 11) is 0. The minimum absolute atomic E-state index is 0.0863. The molecule has 0 aromatic heterocycles. The molecule has 0 radical (unpaired) electrons. The molecule has 8 nitrogen and oxygen atoms in total. The molecule has 0 spiro atoms. The number of thioether (sulfide) groups is 1. The zero-order valence-corrected chi connectivity index (χ0v) is 17.0. The first-order valence-corrected chi connectivity index (χ1v) is 10.4. The zero-order chi connectivity index (χ0) is 21.5. The van der Waals surface area contributed by atoms with Crippen molar-refractivity contribution < 1.29 is 24.4 Å². The van der Waals surface area contributed by atoms with Gasteiger partial charge < -0.3 is 15.2 Å². The van der Waals surface area contributed by atoms with E-state index in [1.165, 1.54) is 18.2 Å². The van der Waals surface area contributed by atoms with E-state index in [9.17, 15) is 19.7 Å². The Balaban J connectivity index is 2.73. The number of unbranched alkanes of at least 4 members (excludes halogenated alkanes) is 3. The van der Waals surface area contributed by atoms with Gasteiger partial charge in [-0.2, -0.15) is 0 Å². The number of benzene rings is 1. The van der Waals surface area contributed by atoms with E-state index in [0.717, 1.165) is 37.4 Å². The number of nitro benzene ring substituents is 1. The second-order valence-corrected chi connectivity index (χ2v) is 7.20. The van der Waals surface area contributed by atoms with Crippen LogP contribution in [0.5, 0.6) is 0 Å². The van der Waals surface area contributed by atoms with Gasteiger partial charge in [-0.3, -0.25) is 14.9 Å². The molecule has 29 heavy (non-hydrogen) atoms. The summed E-state index contributed by atoms with van der Waals surface area (Å²) in [5.41, 5.74) is 0.0313. The van der Waals surface area contributed by atoms with Crippen molar-refractivity contribution in [2.24, 2.45) is 0 Å². The molecule has 1 amide bonds. The number of aliphatic hydroxyl groups is 1. The van der Waals surface area contributed by atoms with Crippen molar-refractivity contribution in [1.82, 2.24) is 5.32 Å². The molecule has 0 heterocycles. The summed E-state index contributed by atoms with van der Waals surface area (Å²) in [5.74, 6) is 2.59. The molecule has 1 atom stereocenters. The summed E-state index contributed by atoms with van der Waals surface area (Å²) < 4.78 is 5.43. The fraction of sp³-hybridized carbons (Fsp3) is 0.500. The maximum atomic E-state index is 12.2. The van der Waals surface area contributed by atoms with E-state index in [-0.39, 0.29) is 43.2 Å². The Kier molecular flexibility index (Phi) is 12.2. The van der Waals surface area contributed by atoms with E-state index in [0.29, 0.717) is 5.75 Å². The molecule has 0 aliphatic carbocycles. The van der Waals surface area contributed by atoms with E-state index in [1.807, 2.05) is 0 Å². The third kappa shape index (κ3) is 9.96. The number of carbonyl (C=O) groups excluding carboxylic acids is 2. The number of nitrogens with zero attached hydrogens (tertiary/aromatic N) is 1. The number of ether oxygens (including phenoxy) is 1. The predicted octanol–water partition coefficient (Wildman–Crippen LogP) is 3.59. The van der Waals surface area contributed by atoms with E-state index in [1.54, 1.807) is 6.07 Å². The SMILES string of the molecule is C#CCCC(=O)NCC(OC(=O)SCCCCCCO)c1ccccc1[N+](=O)[O-]. The van der Waals surface area contributed by atoms with Crippen molar-refractivity contribution in [2.45, 2.75) is 44.6 Å². The third-order valence-corrected chi connectivity index (χ3v) is 4.80. The molecule has 158 valence electrons. The molecule has 1 aromatic rings. The minimum Gasteiger partial charge on any atom is -0.447 e. The van der Waals surface area contributed by atoms with Crippen LogP contribution in [0.25, 0.3) is 0 Å². The molecule has 1 rings (SSSR count). The van der Waals surface area contributed by atoms with Gasteiger partial charge in [-0.1, -0.05) is 25.0 Å². The largest absolute Gasteiger partial charge is 0.447 e. The average Bonchev–Trinajstić information content (AvgIpc) is 2.72. The third-order valence-electron chi connectivity index (χ3n) is 3.97. The standard InChI is InChI=1S/C20H26N2O6S/c1-2-3-12-19(24)21-15-18(16-10-6-7-11-17(16)22(26)27)28-20(25)29-14-9-5-4-8-13-23/h1,6-7,10-11,18,23H,3-5,8-9,12-15H2,(H,21,24). The Bertz CT molecular complexity index is 719. The van der Waals surface area contributed by atoms with Gasteiger partial charge in [-0.15, -0.1) is 12.3 Å². The molecule has 1 aromatic carbocycles. The summed E-state index contributed by atoms with van der Waals surface area (Å²) >= 11 is 0.987. The number of aliphatic hydroxyl groups excluding tert-OH is 1. The van der Waals surface area contributed by atoms with Crippen molar-refractivity contribution in [3.05, 3.63) is 39.9 Å². The Morgan fingerprint density at radius 2 is 2.00 bits per heavy atom. The molecule has 0 bridgehead atoms. The molecule has 1 unspecified atom stereocenters. The van der Waals surface area contributed by atoms with Crippen molar-refractivity contribution in [2.75, 3.05) is 18.9 Å². The van der Waals surface area contributed by atoms with Crippen LogP contribution in [0.3, 0.4) is 0 Å². The van der Waals surface area contributed by atoms with E-state index >= 15 is 0 Å². The normalized spacial score (nSPS) is 11.3. The van der Waals surface area contributed by atoms with Crippen molar-refractivity contribution in [3.63, 3.8) is 0 Å². The smallest absolute Gasteiger partial charge is 0.367 e. The highest BCUT2D eigenvalue weighted by Crippen LogP contribution is 2.28. The van der Waals surface area contributed by atoms with Gasteiger partial charge in [0.25, 0.3) is 5.69 Å². The first-order valence-electron chi connectivity index (χ1n) is 9.37. The summed E-state index contributed by atoms with van der Waals surface area (Å²) in [6, 6.07) is 5.96. The Morgan fingerprint density at radius 1 is 1.28 bits per heavy atom. The first kappa shape index (κ1) is 24.5. The number of nitro groups is 1. The topological polar surface area (TPSA) is 119 Å². The molecule has 9 heteroatoms. The van der Waals surface area contributed by atoms with Crippen LogP contribution < -0.4 is 5.32 Å². The summed E-state index contributed by atoms with van der Waals surface area (Å²) in [5, 5.41) is 22.1. The molecule has 0 aliphatic heterocycles. The number of amides is 1. The van der Waals surface area contributed by atoms with Crippen LogP contribution in [0.4, 0.5) is 10.5 Å². The van der Waals surface area contributed by atoms with Crippen LogP contribution in [0.1, 0.15) is 50.2 Å². The number of carbonyl (C=O) groups is 2. The van der Waals surface area contributed by atoms with Crippen molar-refractivity contribution >= 4 is 28.7 Å². The average molecular weight is 423 g/mol. The van der Waals surface area contributed by atoms with Crippen LogP contribution in [0, 0.1) is 22.5 Å². The number of hydrogen-bond donors (Lipinski definition) is 2. The highest BCUT2D eigenvalue weighted by atomic mass is 32.2. The second kappa shape index (κ2) is 14.4. The van der Waals surface area contributed by atoms with E-state index < -0.39 is 16.3 Å². The van der Waals surface area contributed by atoms with Gasteiger partial charge in [0.1, 0.15) is 0 Å². The van der Waals surface area contributed by atoms with Crippen molar-refractivity contribution in [3.8, 4) is 12.3 Å². The Morgan fingerprint density at radius 3 is 2.69 bits per heavy atom. The highest BCUT2D eigenvalue weighted by molar-refractivity contribution is 8.13. The van der Waals surface area contributed by atoms with Gasteiger partial charge in [0.15, 0.2) is 6.10 Å². The molecule has 0 saturated heterocycles. The Labute approximate surface area is 174 Å². The number of nitrogens with one attached hydrogen (secondary N) is 1. The van der Waals surface area contributed by atoms with Gasteiger partial charge in [0, 0.05) is 31.3 Å². The van der Waals surface area contributed by atoms with E-state index in [2.05, 4.69) is 11.2 Å². The van der Waals surface area contributed by atoms with Crippen LogP contribution in [-0.2, 0) is 9.53 Å². The number of hydrogen-bond acceptors (Lipinski definition) is 7. The zero-order valence-electron chi connectivity index (χ0n) is 16.2. The van der Waals surface area contributed by atoms with Gasteiger partial charge >= 0.3 is 5.30 Å². The summed E-state index contributed by atoms with van der Waals surface area (Å²) in [6.45, 7) is 0.0663. The predicted molar refractivity (Wildman–Crippen MR) is 111 cm³/mol. The fourth-order valence-electron chi connectivity index (χ4n) is 2.49. The quantitative estimate of drug-likeness (QED) is 0.164. The molecule has 0 fully saturated rings. The lowest BCUT2D eigenvalue weighted by Crippen LogP contribution is -2.30. The monoisotopic (exact) mass is 422 g/mol. The van der Waals surface area contributed by atoms with Crippen LogP contribution in [0.15, 0.2) is 24.3 Å². The molecular formula is C20H26N2O6S. The molecule has 0 saturated carbocycles. The summed E-state index contributed by atoms with van der Waals surface area (Å²) in [6.07, 6.45) is 7.84. The van der Waals surface area contributed by atoms with Crippen LogP contribution >= 0.6 is 11.8 Å². The Hall–Kier alpha value is -2.57. The highest BCUT2D eigenvalue weighted by Gasteiger charge is 2.25. The maximum Gasteiger partial charge on any atom is 0.367 e. The van der Waals surface area contributed by atoms with Gasteiger partial charge in [-0.05, 0) is 30.7 Å². The summed E-state index contributed by atoms with van der Waals surface area (Å²) in [4.78, 5) is 34.8. The number of para-hydroxylation sites is 1. The van der Waals surface area contributed by atoms with Gasteiger partial charge in [-0.25, -0.2) is 4.79 Å². The van der Waals surface area contributed by atoms with Crippen molar-refractivity contribution in [1.29, 1.82) is 0 Å². The first-order chi connectivity index (χ1) is 14.0. The molecule has 2 N–H and O–H groups in total. The lowest BCUT2D eigenvalue weighted by molar-refractivity contribution is -0.386. The lowest BCUT2D eigenvalue weighted by atomic mass is 10.1. The maximum absolute atomic E-state index is 12.2. The lowest BCUT2D eigenvalue weighted by Gasteiger charge is -2.18. The minimum atomic E-state index is -0.985. The fourth-order valence-corrected chi connectivity index (χ4v) is 3.19.